The first-order valence-electron chi connectivity index (χ1n) is 4.79. The monoisotopic (exact) mass is 153 g/mol. The average molecular weight is 153 g/mol. The fourth-order valence-corrected chi connectivity index (χ4v) is 3.19. The zero-order valence-corrected chi connectivity index (χ0v) is 7.80. The Morgan fingerprint density at radius 1 is 1.27 bits per heavy atom. The summed E-state index contributed by atoms with van der Waals surface area (Å²) in [4.78, 5) is 0. The minimum atomic E-state index is 0.492. The Morgan fingerprint density at radius 3 is 2.27 bits per heavy atom. The van der Waals surface area contributed by atoms with Crippen molar-refractivity contribution in [2.75, 3.05) is 0 Å². The molecule has 11 heavy (non-hydrogen) atoms. The van der Waals surface area contributed by atoms with Crippen LogP contribution in [0.3, 0.4) is 0 Å². The van der Waals surface area contributed by atoms with Gasteiger partial charge in [0.25, 0.3) is 0 Å². The lowest BCUT2D eigenvalue weighted by molar-refractivity contribution is -0.108. The second-order valence-electron chi connectivity index (χ2n) is 5.12. The van der Waals surface area contributed by atoms with Gasteiger partial charge >= 0.3 is 0 Å². The molecule has 3 aliphatic rings. The van der Waals surface area contributed by atoms with Crippen LogP contribution in [-0.4, -0.2) is 6.04 Å². The molecule has 1 heteroatoms. The minimum Gasteiger partial charge on any atom is -0.327 e. The van der Waals surface area contributed by atoms with Crippen LogP contribution in [0.1, 0.15) is 33.6 Å². The van der Waals surface area contributed by atoms with Crippen LogP contribution in [0, 0.1) is 23.2 Å². The molecule has 0 saturated heterocycles. The van der Waals surface area contributed by atoms with Gasteiger partial charge in [-0.25, -0.2) is 0 Å². The van der Waals surface area contributed by atoms with Gasteiger partial charge < -0.3 is 5.73 Å². The standard InChI is InChI=1S/C10H19N/c1-6-8-4-7(5-9(6)11)10(8,2)3/h6-9H,4-5,11H2,1-3H3/t6?,7-,8?,9?/m0/s1. The Labute approximate surface area is 69.4 Å². The highest BCUT2D eigenvalue weighted by atomic mass is 14.7. The highest BCUT2D eigenvalue weighted by Gasteiger charge is 2.55. The third-order valence-corrected chi connectivity index (χ3v) is 4.41. The summed E-state index contributed by atoms with van der Waals surface area (Å²) >= 11 is 0. The first kappa shape index (κ1) is 7.60. The van der Waals surface area contributed by atoms with Gasteiger partial charge in [0, 0.05) is 6.04 Å². The molecule has 0 aromatic heterocycles. The summed E-state index contributed by atoms with van der Waals surface area (Å²) in [6, 6.07) is 0.492. The minimum absolute atomic E-state index is 0.492. The third kappa shape index (κ3) is 0.807. The van der Waals surface area contributed by atoms with Crippen LogP contribution in [0.15, 0.2) is 0 Å². The van der Waals surface area contributed by atoms with E-state index in [0.717, 1.165) is 17.8 Å². The van der Waals surface area contributed by atoms with Crippen LogP contribution in [0.2, 0.25) is 0 Å². The predicted octanol–water partition coefficient (Wildman–Crippen LogP) is 2.02. The van der Waals surface area contributed by atoms with E-state index in [1.54, 1.807) is 0 Å². The molecule has 0 heterocycles. The fraction of sp³-hybridized carbons (Fsp3) is 1.00. The quantitative estimate of drug-likeness (QED) is 0.566. The normalized spacial score (nSPS) is 53.5. The van der Waals surface area contributed by atoms with Crippen molar-refractivity contribution in [1.29, 1.82) is 0 Å². The highest BCUT2D eigenvalue weighted by molar-refractivity contribution is 5.06. The van der Waals surface area contributed by atoms with Crippen molar-refractivity contribution in [1.82, 2.24) is 0 Å². The number of hydrogen-bond donors (Lipinski definition) is 1. The molecule has 1 nitrogen and oxygen atoms in total. The number of rotatable bonds is 0. The van der Waals surface area contributed by atoms with Crippen molar-refractivity contribution in [3.05, 3.63) is 0 Å². The van der Waals surface area contributed by atoms with E-state index in [0.29, 0.717) is 11.5 Å². The van der Waals surface area contributed by atoms with E-state index in [9.17, 15) is 0 Å². The van der Waals surface area contributed by atoms with E-state index in [4.69, 9.17) is 5.73 Å². The summed E-state index contributed by atoms with van der Waals surface area (Å²) in [5.41, 5.74) is 6.63. The van der Waals surface area contributed by atoms with Gasteiger partial charge in [0.1, 0.15) is 0 Å². The maximum absolute atomic E-state index is 6.02. The van der Waals surface area contributed by atoms with E-state index in [1.165, 1.54) is 12.8 Å². The molecular formula is C10H19N. The van der Waals surface area contributed by atoms with Gasteiger partial charge in [0.15, 0.2) is 0 Å². The molecule has 0 amide bonds. The van der Waals surface area contributed by atoms with Crippen molar-refractivity contribution in [2.45, 2.75) is 39.7 Å². The van der Waals surface area contributed by atoms with E-state index in [-0.39, 0.29) is 0 Å². The van der Waals surface area contributed by atoms with E-state index in [1.807, 2.05) is 0 Å². The molecule has 0 aromatic carbocycles. The molecule has 0 spiro atoms. The first-order valence-corrected chi connectivity index (χ1v) is 4.79. The van der Waals surface area contributed by atoms with Crippen LogP contribution < -0.4 is 5.73 Å². The van der Waals surface area contributed by atoms with Gasteiger partial charge in [-0.3, -0.25) is 0 Å². The Balaban J connectivity index is 2.17. The predicted molar refractivity (Wildman–Crippen MR) is 47.1 cm³/mol. The molecule has 3 saturated carbocycles. The summed E-state index contributed by atoms with van der Waals surface area (Å²) in [7, 11) is 0. The smallest absolute Gasteiger partial charge is 0.00702 e. The maximum atomic E-state index is 6.02. The van der Waals surface area contributed by atoms with Crippen LogP contribution in [0.25, 0.3) is 0 Å². The van der Waals surface area contributed by atoms with Crippen molar-refractivity contribution in [3.8, 4) is 0 Å². The van der Waals surface area contributed by atoms with E-state index in [2.05, 4.69) is 20.8 Å². The SMILES string of the molecule is CC1C(N)C[C@@H]2CC1C2(C)C. The van der Waals surface area contributed by atoms with E-state index < -0.39 is 0 Å². The highest BCUT2D eigenvalue weighted by Crippen LogP contribution is 2.60. The largest absolute Gasteiger partial charge is 0.327 e. The summed E-state index contributed by atoms with van der Waals surface area (Å²) in [5.74, 6) is 2.60. The van der Waals surface area contributed by atoms with Gasteiger partial charge in [0.2, 0.25) is 0 Å². The summed E-state index contributed by atoms with van der Waals surface area (Å²) in [5, 5.41) is 0. The lowest BCUT2D eigenvalue weighted by atomic mass is 9.45. The molecule has 3 rings (SSSR count). The van der Waals surface area contributed by atoms with Crippen molar-refractivity contribution < 1.29 is 0 Å². The zero-order chi connectivity index (χ0) is 8.22. The van der Waals surface area contributed by atoms with Gasteiger partial charge in [-0.15, -0.1) is 0 Å². The zero-order valence-electron chi connectivity index (χ0n) is 7.80. The van der Waals surface area contributed by atoms with Gasteiger partial charge in [-0.1, -0.05) is 20.8 Å². The fourth-order valence-electron chi connectivity index (χ4n) is 3.19. The van der Waals surface area contributed by atoms with Crippen molar-refractivity contribution in [3.63, 3.8) is 0 Å². The Bertz CT molecular complexity index is 174. The number of nitrogens with two attached hydrogens (primary N) is 1. The van der Waals surface area contributed by atoms with Gasteiger partial charge in [-0.05, 0) is 36.0 Å². The van der Waals surface area contributed by atoms with Crippen molar-refractivity contribution in [2.24, 2.45) is 28.9 Å². The maximum Gasteiger partial charge on any atom is 0.00702 e. The molecule has 0 radical (unpaired) electrons. The molecule has 3 unspecified atom stereocenters. The van der Waals surface area contributed by atoms with Crippen LogP contribution in [-0.2, 0) is 0 Å². The number of fused-ring (bicyclic) bond motifs is 2. The Hall–Kier alpha value is -0.0400. The summed E-state index contributed by atoms with van der Waals surface area (Å²) in [6.07, 6.45) is 2.71. The molecular weight excluding hydrogens is 134 g/mol. The lowest BCUT2D eigenvalue weighted by Crippen LogP contribution is -2.58. The van der Waals surface area contributed by atoms with Crippen LogP contribution in [0.4, 0.5) is 0 Å². The van der Waals surface area contributed by atoms with Gasteiger partial charge in [-0.2, -0.15) is 0 Å². The molecule has 0 aliphatic heterocycles. The molecule has 3 aliphatic carbocycles. The molecule has 0 aromatic rings. The average Bonchev–Trinajstić information content (AvgIpc) is 1.93. The molecule has 2 N–H and O–H groups in total. The van der Waals surface area contributed by atoms with Crippen LogP contribution in [0.5, 0.6) is 0 Å². The Morgan fingerprint density at radius 2 is 1.91 bits per heavy atom. The Kier molecular flexibility index (Phi) is 1.39. The molecule has 2 bridgehead atoms. The van der Waals surface area contributed by atoms with Crippen LogP contribution >= 0.6 is 0 Å². The topological polar surface area (TPSA) is 26.0 Å². The lowest BCUT2D eigenvalue weighted by Gasteiger charge is -2.61. The molecule has 3 fully saturated rings. The summed E-state index contributed by atoms with van der Waals surface area (Å²) in [6.45, 7) is 7.15. The second-order valence-corrected chi connectivity index (χ2v) is 5.12. The van der Waals surface area contributed by atoms with Gasteiger partial charge in [0.05, 0.1) is 0 Å². The molecule has 64 valence electrons. The first-order chi connectivity index (χ1) is 5.03. The number of hydrogen-bond acceptors (Lipinski definition) is 1. The third-order valence-electron chi connectivity index (χ3n) is 4.41. The van der Waals surface area contributed by atoms with Crippen molar-refractivity contribution >= 4 is 0 Å². The second kappa shape index (κ2) is 2.01. The summed E-state index contributed by atoms with van der Waals surface area (Å²) < 4.78 is 0. The van der Waals surface area contributed by atoms with E-state index >= 15 is 0 Å². The molecule has 4 atom stereocenters.